The number of hydrogen-bond acceptors (Lipinski definition) is 2. The van der Waals surface area contributed by atoms with E-state index in [1.54, 1.807) is 6.07 Å². The van der Waals surface area contributed by atoms with Crippen LogP contribution in [0.2, 0.25) is 0 Å². The van der Waals surface area contributed by atoms with E-state index in [0.717, 1.165) is 22.4 Å². The molecule has 3 nitrogen and oxygen atoms in total. The number of aryl methyl sites for hydroxylation is 1. The third kappa shape index (κ3) is 4.36. The minimum Gasteiger partial charge on any atom is -0.478 e. The van der Waals surface area contributed by atoms with Gasteiger partial charge in [-0.15, -0.1) is 0 Å². The first-order valence-electron chi connectivity index (χ1n) is 8.06. The van der Waals surface area contributed by atoms with Gasteiger partial charge in [0.15, 0.2) is 0 Å². The quantitative estimate of drug-likeness (QED) is 0.598. The second-order valence-corrected chi connectivity index (χ2v) is 5.85. The molecule has 0 aliphatic rings. The van der Waals surface area contributed by atoms with Crippen LogP contribution in [0.25, 0.3) is 12.2 Å². The predicted octanol–water partition coefficient (Wildman–Crippen LogP) is 5.61. The highest BCUT2D eigenvalue weighted by Gasteiger charge is 2.10. The van der Waals surface area contributed by atoms with Crippen molar-refractivity contribution in [1.29, 1.82) is 0 Å². The van der Waals surface area contributed by atoms with E-state index >= 15 is 0 Å². The van der Waals surface area contributed by atoms with Crippen molar-refractivity contribution in [1.82, 2.24) is 0 Å². The molecule has 0 aliphatic carbocycles. The Labute approximate surface area is 147 Å². The van der Waals surface area contributed by atoms with E-state index < -0.39 is 5.97 Å². The van der Waals surface area contributed by atoms with E-state index in [1.165, 1.54) is 0 Å². The first-order valence-corrected chi connectivity index (χ1v) is 8.06. The van der Waals surface area contributed by atoms with Crippen LogP contribution in [0.3, 0.4) is 0 Å². The first kappa shape index (κ1) is 16.5. The zero-order valence-electron chi connectivity index (χ0n) is 13.9. The monoisotopic (exact) mass is 329 g/mol. The van der Waals surface area contributed by atoms with Gasteiger partial charge in [0, 0.05) is 5.69 Å². The molecule has 0 aliphatic heterocycles. The number of rotatable bonds is 5. The molecule has 25 heavy (non-hydrogen) atoms. The third-order valence-electron chi connectivity index (χ3n) is 3.84. The van der Waals surface area contributed by atoms with E-state index in [4.69, 9.17) is 0 Å². The summed E-state index contributed by atoms with van der Waals surface area (Å²) in [5.41, 5.74) is 4.84. The Morgan fingerprint density at radius 3 is 2.36 bits per heavy atom. The molecular formula is C22H19NO2. The number of anilines is 2. The Hall–Kier alpha value is -3.33. The maximum atomic E-state index is 11.5. The zero-order chi connectivity index (χ0) is 17.6. The Bertz CT molecular complexity index is 914. The van der Waals surface area contributed by atoms with Crippen molar-refractivity contribution >= 4 is 29.5 Å². The van der Waals surface area contributed by atoms with Crippen LogP contribution in [0.1, 0.15) is 27.0 Å². The van der Waals surface area contributed by atoms with Gasteiger partial charge in [-0.05, 0) is 47.9 Å². The molecule has 0 radical (unpaired) electrons. The van der Waals surface area contributed by atoms with Gasteiger partial charge in [0.25, 0.3) is 0 Å². The summed E-state index contributed by atoms with van der Waals surface area (Å²) in [5.74, 6) is -0.950. The second-order valence-electron chi connectivity index (χ2n) is 5.85. The first-order chi connectivity index (χ1) is 12.1. The van der Waals surface area contributed by atoms with Crippen LogP contribution in [0.15, 0.2) is 72.8 Å². The molecule has 3 rings (SSSR count). The fourth-order valence-corrected chi connectivity index (χ4v) is 2.59. The highest BCUT2D eigenvalue weighted by Crippen LogP contribution is 2.24. The summed E-state index contributed by atoms with van der Waals surface area (Å²) in [7, 11) is 0. The van der Waals surface area contributed by atoms with Crippen molar-refractivity contribution in [2.24, 2.45) is 0 Å². The van der Waals surface area contributed by atoms with E-state index in [-0.39, 0.29) is 5.56 Å². The van der Waals surface area contributed by atoms with Crippen molar-refractivity contribution in [3.8, 4) is 0 Å². The van der Waals surface area contributed by atoms with Crippen LogP contribution in [0, 0.1) is 6.92 Å². The van der Waals surface area contributed by atoms with Crippen LogP contribution in [0.4, 0.5) is 11.4 Å². The standard InChI is InChI=1S/C22H19NO2/c1-16-6-5-9-19(14-16)23-21-15-18(12-13-20(21)22(24)25)11-10-17-7-3-2-4-8-17/h2-15,23H,1H3,(H,24,25). The van der Waals surface area contributed by atoms with Crippen LogP contribution in [-0.2, 0) is 0 Å². The zero-order valence-corrected chi connectivity index (χ0v) is 13.9. The third-order valence-corrected chi connectivity index (χ3v) is 3.84. The van der Waals surface area contributed by atoms with Gasteiger partial charge in [-0.25, -0.2) is 4.79 Å². The molecular weight excluding hydrogens is 310 g/mol. The topological polar surface area (TPSA) is 49.3 Å². The highest BCUT2D eigenvalue weighted by atomic mass is 16.4. The molecule has 3 heteroatoms. The molecule has 0 bridgehead atoms. The second kappa shape index (κ2) is 7.49. The Balaban J connectivity index is 1.92. The summed E-state index contributed by atoms with van der Waals surface area (Å²) in [6.45, 7) is 2.00. The predicted molar refractivity (Wildman–Crippen MR) is 103 cm³/mol. The number of hydrogen-bond donors (Lipinski definition) is 2. The molecule has 0 unspecified atom stereocenters. The maximum Gasteiger partial charge on any atom is 0.337 e. The van der Waals surface area contributed by atoms with Crippen LogP contribution in [-0.4, -0.2) is 11.1 Å². The summed E-state index contributed by atoms with van der Waals surface area (Å²) in [5, 5.41) is 12.7. The number of aromatic carboxylic acids is 1. The Kier molecular flexibility index (Phi) is 4.95. The lowest BCUT2D eigenvalue weighted by atomic mass is 10.1. The molecule has 2 N–H and O–H groups in total. The van der Waals surface area contributed by atoms with Crippen LogP contribution < -0.4 is 5.32 Å². The SMILES string of the molecule is Cc1cccc(Nc2cc(C=Cc3ccccc3)ccc2C(=O)O)c1. The lowest BCUT2D eigenvalue weighted by Crippen LogP contribution is -2.03. The van der Waals surface area contributed by atoms with Crippen molar-refractivity contribution < 1.29 is 9.90 Å². The van der Waals surface area contributed by atoms with Gasteiger partial charge >= 0.3 is 5.97 Å². The fraction of sp³-hybridized carbons (Fsp3) is 0.0455. The summed E-state index contributed by atoms with van der Waals surface area (Å²) in [6, 6.07) is 23.1. The number of nitrogens with one attached hydrogen (secondary N) is 1. The summed E-state index contributed by atoms with van der Waals surface area (Å²) >= 11 is 0. The van der Waals surface area contributed by atoms with Gasteiger partial charge in [0.05, 0.1) is 11.3 Å². The van der Waals surface area contributed by atoms with Crippen molar-refractivity contribution in [2.75, 3.05) is 5.32 Å². The van der Waals surface area contributed by atoms with Crippen LogP contribution in [0.5, 0.6) is 0 Å². The summed E-state index contributed by atoms with van der Waals surface area (Å²) < 4.78 is 0. The molecule has 0 saturated carbocycles. The Morgan fingerprint density at radius 2 is 1.64 bits per heavy atom. The minimum absolute atomic E-state index is 0.248. The van der Waals surface area contributed by atoms with E-state index in [9.17, 15) is 9.90 Å². The van der Waals surface area contributed by atoms with Gasteiger partial charge in [-0.3, -0.25) is 0 Å². The molecule has 0 saturated heterocycles. The van der Waals surface area contributed by atoms with E-state index in [1.807, 2.05) is 85.8 Å². The van der Waals surface area contributed by atoms with Gasteiger partial charge < -0.3 is 10.4 Å². The molecule has 124 valence electrons. The fourth-order valence-electron chi connectivity index (χ4n) is 2.59. The minimum atomic E-state index is -0.950. The lowest BCUT2D eigenvalue weighted by molar-refractivity contribution is 0.0698. The van der Waals surface area contributed by atoms with Crippen LogP contribution >= 0.6 is 0 Å². The van der Waals surface area contributed by atoms with Gasteiger partial charge in [0.1, 0.15) is 0 Å². The molecule has 0 amide bonds. The lowest BCUT2D eigenvalue weighted by Gasteiger charge is -2.11. The normalized spacial score (nSPS) is 10.8. The van der Waals surface area contributed by atoms with Gasteiger partial charge in [0.2, 0.25) is 0 Å². The molecule has 0 atom stereocenters. The smallest absolute Gasteiger partial charge is 0.337 e. The van der Waals surface area contributed by atoms with Gasteiger partial charge in [-0.2, -0.15) is 0 Å². The Morgan fingerprint density at radius 1 is 0.880 bits per heavy atom. The highest BCUT2D eigenvalue weighted by molar-refractivity contribution is 5.96. The average Bonchev–Trinajstić information content (AvgIpc) is 2.61. The molecule has 0 fully saturated rings. The maximum absolute atomic E-state index is 11.5. The largest absolute Gasteiger partial charge is 0.478 e. The van der Waals surface area contributed by atoms with Crippen molar-refractivity contribution in [2.45, 2.75) is 6.92 Å². The van der Waals surface area contributed by atoms with Gasteiger partial charge in [-0.1, -0.05) is 60.7 Å². The number of carboxylic acid groups (broad SMARTS) is 1. The molecule has 0 spiro atoms. The van der Waals surface area contributed by atoms with E-state index in [0.29, 0.717) is 5.69 Å². The van der Waals surface area contributed by atoms with Crippen molar-refractivity contribution in [3.05, 3.63) is 95.1 Å². The van der Waals surface area contributed by atoms with E-state index in [2.05, 4.69) is 5.32 Å². The number of carboxylic acids is 1. The molecule has 0 heterocycles. The summed E-state index contributed by atoms with van der Waals surface area (Å²) in [4.78, 5) is 11.5. The number of carbonyl (C=O) groups is 1. The average molecular weight is 329 g/mol. The molecule has 0 aromatic heterocycles. The molecule has 3 aromatic rings. The summed E-state index contributed by atoms with van der Waals surface area (Å²) in [6.07, 6.45) is 3.98. The molecule has 3 aromatic carbocycles. The van der Waals surface area contributed by atoms with Crippen molar-refractivity contribution in [3.63, 3.8) is 0 Å². The number of benzene rings is 3.